The minimum atomic E-state index is -1.28. The molecule has 0 saturated carbocycles. The SMILES string of the molecule is CC(CCCCCC/C=C\CCCCCCC[CH2][Sn]([CH2]CCCCCCC/C=C\CCCCCCCC(=O)OCCS)[CH2]CCCCCCC/C=C\CCCCCCCC(=O)OCCS)C(=O)OCCS. The molecule has 0 bridgehead atoms. The maximum absolute atomic E-state index is 11.9. The number of thiol groups is 3. The number of ether oxygens (including phenoxy) is 3. The summed E-state index contributed by atoms with van der Waals surface area (Å²) in [5, 5.41) is 0. The van der Waals surface area contributed by atoms with Crippen LogP contribution >= 0.6 is 37.9 Å². The second-order valence-corrected chi connectivity index (χ2v) is 30.3. The first-order valence-electron chi connectivity index (χ1n) is 30.0. The van der Waals surface area contributed by atoms with Gasteiger partial charge in [0.25, 0.3) is 0 Å². The molecule has 0 aliphatic carbocycles. The topological polar surface area (TPSA) is 78.9 Å². The molecule has 415 valence electrons. The van der Waals surface area contributed by atoms with E-state index in [4.69, 9.17) is 14.2 Å². The van der Waals surface area contributed by atoms with Gasteiger partial charge in [0.05, 0.1) is 5.92 Å². The molecule has 0 aromatic rings. The number of esters is 3. The van der Waals surface area contributed by atoms with E-state index in [-0.39, 0.29) is 23.8 Å². The number of hydrogen-bond acceptors (Lipinski definition) is 9. The average molecular weight is 1160 g/mol. The van der Waals surface area contributed by atoms with Gasteiger partial charge in [-0.3, -0.25) is 14.4 Å². The first-order chi connectivity index (χ1) is 34.9. The zero-order chi connectivity index (χ0) is 51.6. The monoisotopic (exact) mass is 1160 g/mol. The molecule has 6 nitrogen and oxygen atoms in total. The molecule has 0 rings (SSSR count). The van der Waals surface area contributed by atoms with Gasteiger partial charge in [0.15, 0.2) is 0 Å². The second kappa shape index (κ2) is 60.3. The molecule has 0 N–H and O–H groups in total. The normalized spacial score (nSPS) is 12.3. The van der Waals surface area contributed by atoms with Gasteiger partial charge >= 0.3 is 261 Å². The van der Waals surface area contributed by atoms with Crippen molar-refractivity contribution >= 4 is 75.6 Å². The molecule has 0 spiro atoms. The molecular formula is C61H113O6S3Sn. The fourth-order valence-corrected chi connectivity index (χ4v) is 18.0. The molecule has 0 saturated heterocycles. The van der Waals surface area contributed by atoms with Crippen molar-refractivity contribution in [2.45, 2.75) is 283 Å². The molecule has 71 heavy (non-hydrogen) atoms. The van der Waals surface area contributed by atoms with Gasteiger partial charge < -0.3 is 14.2 Å². The van der Waals surface area contributed by atoms with E-state index in [1.54, 1.807) is 13.3 Å². The van der Waals surface area contributed by atoms with Gasteiger partial charge in [-0.2, -0.15) is 37.9 Å². The summed E-state index contributed by atoms with van der Waals surface area (Å²) in [6.07, 6.45) is 65.9. The number of carbonyl (C=O) groups is 3. The van der Waals surface area contributed by atoms with Crippen molar-refractivity contribution in [1.82, 2.24) is 0 Å². The van der Waals surface area contributed by atoms with Crippen LogP contribution in [0.25, 0.3) is 0 Å². The molecule has 0 aliphatic rings. The van der Waals surface area contributed by atoms with E-state index in [1.807, 2.05) is 6.92 Å². The van der Waals surface area contributed by atoms with E-state index in [2.05, 4.69) is 74.3 Å². The van der Waals surface area contributed by atoms with Crippen molar-refractivity contribution in [2.24, 2.45) is 5.92 Å². The fourth-order valence-electron chi connectivity index (χ4n) is 9.17. The van der Waals surface area contributed by atoms with Gasteiger partial charge in [0, 0.05) is 30.1 Å². The number of carbonyl (C=O) groups excluding carboxylic acids is 3. The Kier molecular flexibility index (Phi) is 59.9. The van der Waals surface area contributed by atoms with Crippen LogP contribution in [0.15, 0.2) is 36.5 Å². The number of hydrogen-bond donors (Lipinski definition) is 3. The minimum absolute atomic E-state index is 0.00784. The van der Waals surface area contributed by atoms with Crippen molar-refractivity contribution in [3.63, 3.8) is 0 Å². The smallest absolute Gasteiger partial charge is 0.465 e. The van der Waals surface area contributed by atoms with Crippen LogP contribution < -0.4 is 0 Å². The van der Waals surface area contributed by atoms with E-state index in [0.717, 1.165) is 38.5 Å². The van der Waals surface area contributed by atoms with Crippen LogP contribution in [-0.4, -0.2) is 74.7 Å². The van der Waals surface area contributed by atoms with Crippen molar-refractivity contribution in [1.29, 1.82) is 0 Å². The zero-order valence-electron chi connectivity index (χ0n) is 46.2. The van der Waals surface area contributed by atoms with Crippen LogP contribution in [-0.2, 0) is 28.6 Å². The Hall–Kier alpha value is -0.521. The Morgan fingerprint density at radius 1 is 0.352 bits per heavy atom. The summed E-state index contributed by atoms with van der Waals surface area (Å²) in [5.41, 5.74) is 0. The number of rotatable bonds is 57. The Balaban J connectivity index is 4.18. The zero-order valence-corrected chi connectivity index (χ0v) is 51.7. The Morgan fingerprint density at radius 2 is 0.606 bits per heavy atom. The fraction of sp³-hybridized carbons (Fsp3) is 0.852. The molecule has 0 heterocycles. The minimum Gasteiger partial charge on any atom is -0.465 e. The maximum atomic E-state index is 11.9. The van der Waals surface area contributed by atoms with Crippen LogP contribution in [0.2, 0.25) is 13.3 Å². The van der Waals surface area contributed by atoms with Gasteiger partial charge in [-0.25, -0.2) is 0 Å². The molecule has 0 aromatic heterocycles. The molecule has 0 fully saturated rings. The summed E-state index contributed by atoms with van der Waals surface area (Å²) in [6.45, 7) is 3.25. The quantitative estimate of drug-likeness (QED) is 0.0141. The Morgan fingerprint density at radius 3 is 0.915 bits per heavy atom. The summed E-state index contributed by atoms with van der Waals surface area (Å²) < 4.78 is 20.3. The van der Waals surface area contributed by atoms with E-state index in [9.17, 15) is 14.4 Å². The molecule has 1 atom stereocenters. The van der Waals surface area contributed by atoms with Crippen molar-refractivity contribution in [2.75, 3.05) is 37.1 Å². The third kappa shape index (κ3) is 57.0. The van der Waals surface area contributed by atoms with Gasteiger partial charge in [-0.05, 0) is 19.3 Å². The van der Waals surface area contributed by atoms with Crippen molar-refractivity contribution < 1.29 is 28.6 Å². The predicted molar refractivity (Wildman–Crippen MR) is 320 cm³/mol. The van der Waals surface area contributed by atoms with E-state index < -0.39 is 19.8 Å². The van der Waals surface area contributed by atoms with Crippen LogP contribution in [0.1, 0.15) is 270 Å². The summed E-state index contributed by atoms with van der Waals surface area (Å²) in [4.78, 5) is 35.0. The first-order valence-corrected chi connectivity index (χ1v) is 38.0. The third-order valence-corrected chi connectivity index (χ3v) is 23.3. The summed E-state index contributed by atoms with van der Waals surface area (Å²) in [6, 6.07) is 0. The average Bonchev–Trinajstić information content (AvgIpc) is 3.37. The third-order valence-electron chi connectivity index (χ3n) is 13.7. The van der Waals surface area contributed by atoms with E-state index >= 15 is 0 Å². The Bertz CT molecular complexity index is 1170. The van der Waals surface area contributed by atoms with Crippen molar-refractivity contribution in [3.8, 4) is 0 Å². The molecule has 10 heteroatoms. The van der Waals surface area contributed by atoms with Crippen LogP contribution in [0.3, 0.4) is 0 Å². The van der Waals surface area contributed by atoms with Gasteiger partial charge in [0.1, 0.15) is 19.8 Å². The summed E-state index contributed by atoms with van der Waals surface area (Å²) in [7, 11) is 0. The van der Waals surface area contributed by atoms with Crippen LogP contribution in [0.4, 0.5) is 0 Å². The Labute approximate surface area is 463 Å². The molecule has 0 aliphatic heterocycles. The van der Waals surface area contributed by atoms with Gasteiger partial charge in [-0.15, -0.1) is 0 Å². The second-order valence-electron chi connectivity index (χ2n) is 20.4. The number of unbranched alkanes of at least 4 members (excludes halogenated alkanes) is 32. The molecule has 0 aromatic carbocycles. The molecule has 1 unspecified atom stereocenters. The van der Waals surface area contributed by atoms with E-state index in [1.165, 1.54) is 212 Å². The molecular weight excluding hydrogens is 1040 g/mol. The van der Waals surface area contributed by atoms with Crippen LogP contribution in [0.5, 0.6) is 0 Å². The number of allylic oxidation sites excluding steroid dienone is 6. The first kappa shape index (κ1) is 70.5. The summed E-state index contributed by atoms with van der Waals surface area (Å²) >= 11 is 11.0. The van der Waals surface area contributed by atoms with Gasteiger partial charge in [-0.1, -0.05) is 64.7 Å². The standard InChI is InChI=1S/C21H39O2S.2C20H37O2S.Sn/c1-3-4-5-6-7-8-9-10-11-12-13-14-15-16-17-20(2)21(22)23-18-19-24;2*1-2-3-4-5-6-7-8-9-10-11-12-13-14-15-16-17-20(21)22-18-19-23;/h10-11,20,24H,1,3-9,12-19H2,2H3;2*9-10,23H,1-8,11-19H2;/b11-10-;2*10-9-;. The van der Waals surface area contributed by atoms with Gasteiger partial charge in [0.2, 0.25) is 0 Å². The summed E-state index contributed by atoms with van der Waals surface area (Å²) in [5.74, 6) is 1.58. The van der Waals surface area contributed by atoms with Crippen LogP contribution in [0, 0.1) is 5.92 Å². The van der Waals surface area contributed by atoms with Crippen molar-refractivity contribution in [3.05, 3.63) is 36.5 Å². The van der Waals surface area contributed by atoms with E-state index in [0.29, 0.717) is 49.9 Å². The molecule has 0 amide bonds. The molecule has 1 radical (unpaired) electrons. The predicted octanol–water partition coefficient (Wildman–Crippen LogP) is 19.2.